The van der Waals surface area contributed by atoms with Crippen LogP contribution in [0.3, 0.4) is 0 Å². The van der Waals surface area contributed by atoms with E-state index in [-0.39, 0.29) is 11.9 Å². The summed E-state index contributed by atoms with van der Waals surface area (Å²) in [6, 6.07) is 2.04. The molecule has 6 heteroatoms. The molecule has 102 valence electrons. The van der Waals surface area contributed by atoms with Crippen molar-refractivity contribution < 1.29 is 9.53 Å². The molecule has 1 aromatic rings. The first-order valence-electron chi connectivity index (χ1n) is 6.50. The monoisotopic (exact) mass is 325 g/mol. The number of aromatic nitrogens is 1. The van der Waals surface area contributed by atoms with E-state index in [1.54, 1.807) is 12.4 Å². The van der Waals surface area contributed by atoms with Crippen LogP contribution in [0.25, 0.3) is 0 Å². The summed E-state index contributed by atoms with van der Waals surface area (Å²) in [5.74, 6) is 0.0610. The van der Waals surface area contributed by atoms with Gasteiger partial charge in [0.1, 0.15) is 6.04 Å². The lowest BCUT2D eigenvalue weighted by atomic mass is 10.2. The Morgan fingerprint density at radius 2 is 2.37 bits per heavy atom. The van der Waals surface area contributed by atoms with Crippen LogP contribution in [0.5, 0.6) is 0 Å². The average Bonchev–Trinajstić information content (AvgIpc) is 3.23. The van der Waals surface area contributed by atoms with Crippen molar-refractivity contribution in [3.05, 3.63) is 22.9 Å². The highest BCUT2D eigenvalue weighted by Gasteiger charge is 2.33. The Hall–Kier alpha value is -1.14. The highest BCUT2D eigenvalue weighted by atomic mass is 79.9. The third-order valence-electron chi connectivity index (χ3n) is 3.42. The third kappa shape index (κ3) is 2.90. The molecule has 1 saturated carbocycles. The molecule has 1 unspecified atom stereocenters. The molecule has 1 saturated heterocycles. The second-order valence-corrected chi connectivity index (χ2v) is 5.75. The van der Waals surface area contributed by atoms with Crippen molar-refractivity contribution in [1.82, 2.24) is 10.3 Å². The van der Waals surface area contributed by atoms with E-state index in [0.717, 1.165) is 23.0 Å². The molecule has 2 fully saturated rings. The van der Waals surface area contributed by atoms with Crippen molar-refractivity contribution in [2.45, 2.75) is 24.9 Å². The summed E-state index contributed by atoms with van der Waals surface area (Å²) in [4.78, 5) is 18.4. The first-order chi connectivity index (χ1) is 9.25. The molecular formula is C13H16BrN3O2. The first kappa shape index (κ1) is 12.9. The third-order valence-corrected chi connectivity index (χ3v) is 4.03. The zero-order valence-corrected chi connectivity index (χ0v) is 12.1. The summed E-state index contributed by atoms with van der Waals surface area (Å²) in [5, 5.41) is 3.05. The zero-order valence-electron chi connectivity index (χ0n) is 10.5. The standard InChI is InChI=1S/C13H16BrN3O2/c14-10-7-15-4-3-11(10)17-5-6-19-8-12(17)13(18)16-9-1-2-9/h3-4,7,9,12H,1-2,5-6,8H2,(H,16,18). The smallest absolute Gasteiger partial charge is 0.245 e. The van der Waals surface area contributed by atoms with Crippen LogP contribution in [0.1, 0.15) is 12.8 Å². The predicted molar refractivity (Wildman–Crippen MR) is 75.1 cm³/mol. The number of anilines is 1. The highest BCUT2D eigenvalue weighted by Crippen LogP contribution is 2.28. The van der Waals surface area contributed by atoms with Crippen molar-refractivity contribution in [2.75, 3.05) is 24.7 Å². The Kier molecular flexibility index (Phi) is 3.70. The molecule has 19 heavy (non-hydrogen) atoms. The number of pyridine rings is 1. The maximum absolute atomic E-state index is 12.3. The molecule has 5 nitrogen and oxygen atoms in total. The SMILES string of the molecule is O=C(NC1CC1)C1COCCN1c1ccncc1Br. The van der Waals surface area contributed by atoms with Gasteiger partial charge in [-0.1, -0.05) is 0 Å². The van der Waals surface area contributed by atoms with E-state index >= 15 is 0 Å². The van der Waals surface area contributed by atoms with Crippen molar-refractivity contribution in [3.63, 3.8) is 0 Å². The minimum Gasteiger partial charge on any atom is -0.377 e. The predicted octanol–water partition coefficient (Wildman–Crippen LogP) is 1.33. The van der Waals surface area contributed by atoms with Gasteiger partial charge in [0, 0.05) is 25.0 Å². The van der Waals surface area contributed by atoms with Crippen LogP contribution in [-0.2, 0) is 9.53 Å². The quantitative estimate of drug-likeness (QED) is 0.910. The van der Waals surface area contributed by atoms with E-state index in [1.165, 1.54) is 0 Å². The van der Waals surface area contributed by atoms with E-state index in [0.29, 0.717) is 25.8 Å². The van der Waals surface area contributed by atoms with Gasteiger partial charge in [0.05, 0.1) is 23.4 Å². The second-order valence-electron chi connectivity index (χ2n) is 4.89. The zero-order chi connectivity index (χ0) is 13.2. The van der Waals surface area contributed by atoms with Crippen molar-refractivity contribution in [3.8, 4) is 0 Å². The lowest BCUT2D eigenvalue weighted by molar-refractivity contribution is -0.124. The number of carbonyl (C=O) groups is 1. The van der Waals surface area contributed by atoms with Gasteiger partial charge in [-0.15, -0.1) is 0 Å². The Morgan fingerprint density at radius 1 is 1.53 bits per heavy atom. The van der Waals surface area contributed by atoms with E-state index in [9.17, 15) is 4.79 Å². The number of ether oxygens (including phenoxy) is 1. The number of amides is 1. The molecule has 0 spiro atoms. The fourth-order valence-corrected chi connectivity index (χ4v) is 2.71. The molecule has 2 heterocycles. The summed E-state index contributed by atoms with van der Waals surface area (Å²) in [5.41, 5.74) is 0.995. The van der Waals surface area contributed by atoms with Gasteiger partial charge in [0.2, 0.25) is 5.91 Å². The van der Waals surface area contributed by atoms with Gasteiger partial charge in [-0.05, 0) is 34.8 Å². The lowest BCUT2D eigenvalue weighted by Gasteiger charge is -2.36. The van der Waals surface area contributed by atoms with E-state index in [2.05, 4.69) is 31.1 Å². The number of halogens is 1. The number of rotatable bonds is 3. The van der Waals surface area contributed by atoms with Gasteiger partial charge >= 0.3 is 0 Å². The summed E-state index contributed by atoms with van der Waals surface area (Å²) in [6.07, 6.45) is 5.68. The number of nitrogens with one attached hydrogen (secondary N) is 1. The molecule has 0 bridgehead atoms. The topological polar surface area (TPSA) is 54.5 Å². The number of morpholine rings is 1. The van der Waals surface area contributed by atoms with Crippen molar-refractivity contribution in [1.29, 1.82) is 0 Å². The largest absolute Gasteiger partial charge is 0.377 e. The first-order valence-corrected chi connectivity index (χ1v) is 7.29. The van der Waals surface area contributed by atoms with Crippen LogP contribution >= 0.6 is 15.9 Å². The van der Waals surface area contributed by atoms with Crippen molar-refractivity contribution >= 4 is 27.5 Å². The minimum atomic E-state index is -0.256. The minimum absolute atomic E-state index is 0.0610. The second kappa shape index (κ2) is 5.46. The van der Waals surface area contributed by atoms with Crippen LogP contribution < -0.4 is 10.2 Å². The van der Waals surface area contributed by atoms with Gasteiger partial charge in [0.15, 0.2) is 0 Å². The maximum atomic E-state index is 12.3. The van der Waals surface area contributed by atoms with Crippen LogP contribution in [0, 0.1) is 0 Å². The van der Waals surface area contributed by atoms with Crippen LogP contribution in [0.4, 0.5) is 5.69 Å². The van der Waals surface area contributed by atoms with Gasteiger partial charge in [0.25, 0.3) is 0 Å². The van der Waals surface area contributed by atoms with Gasteiger partial charge in [-0.3, -0.25) is 9.78 Å². The Balaban J connectivity index is 1.80. The molecule has 1 amide bonds. The van der Waals surface area contributed by atoms with Crippen LogP contribution in [0.15, 0.2) is 22.9 Å². The maximum Gasteiger partial charge on any atom is 0.245 e. The van der Waals surface area contributed by atoms with Gasteiger partial charge in [-0.25, -0.2) is 0 Å². The van der Waals surface area contributed by atoms with Gasteiger partial charge in [-0.2, -0.15) is 0 Å². The molecule has 2 aliphatic rings. The number of carbonyl (C=O) groups excluding carboxylic acids is 1. The molecule has 1 aliphatic heterocycles. The molecule has 3 rings (SSSR count). The summed E-state index contributed by atoms with van der Waals surface area (Å²) in [7, 11) is 0. The fraction of sp³-hybridized carbons (Fsp3) is 0.538. The fourth-order valence-electron chi connectivity index (χ4n) is 2.24. The number of nitrogens with zero attached hydrogens (tertiary/aromatic N) is 2. The van der Waals surface area contributed by atoms with E-state index < -0.39 is 0 Å². The summed E-state index contributed by atoms with van der Waals surface area (Å²) < 4.78 is 6.37. The number of hydrogen-bond acceptors (Lipinski definition) is 4. The highest BCUT2D eigenvalue weighted by molar-refractivity contribution is 9.10. The Labute approximate surface area is 120 Å². The molecule has 1 aromatic heterocycles. The van der Waals surface area contributed by atoms with E-state index in [4.69, 9.17) is 4.74 Å². The molecular weight excluding hydrogens is 310 g/mol. The summed E-state index contributed by atoms with van der Waals surface area (Å²) in [6.45, 7) is 1.79. The molecule has 0 radical (unpaired) electrons. The van der Waals surface area contributed by atoms with Crippen molar-refractivity contribution in [2.24, 2.45) is 0 Å². The number of hydrogen-bond donors (Lipinski definition) is 1. The Morgan fingerprint density at radius 3 is 3.11 bits per heavy atom. The molecule has 1 atom stereocenters. The van der Waals surface area contributed by atoms with Crippen LogP contribution in [-0.4, -0.2) is 42.7 Å². The molecule has 1 N–H and O–H groups in total. The average molecular weight is 326 g/mol. The molecule has 0 aromatic carbocycles. The molecule has 1 aliphatic carbocycles. The normalized spacial score (nSPS) is 23.2. The van der Waals surface area contributed by atoms with Crippen LogP contribution in [0.2, 0.25) is 0 Å². The summed E-state index contributed by atoms with van der Waals surface area (Å²) >= 11 is 3.49. The lowest BCUT2D eigenvalue weighted by Crippen LogP contribution is -2.54. The van der Waals surface area contributed by atoms with E-state index in [1.807, 2.05) is 6.07 Å². The Bertz CT molecular complexity index is 479. The van der Waals surface area contributed by atoms with Gasteiger partial charge < -0.3 is 15.0 Å².